The number of amides is 2. The molecule has 0 spiro atoms. The number of aromatic nitrogens is 2. The number of piperidine rings is 2. The van der Waals surface area contributed by atoms with E-state index in [-0.39, 0.29) is 23.2 Å². The van der Waals surface area contributed by atoms with Crippen LogP contribution in [0.5, 0.6) is 0 Å². The van der Waals surface area contributed by atoms with Crippen LogP contribution in [0, 0.1) is 11.8 Å². The fraction of sp³-hybridized carbons (Fsp3) is 0.667. The van der Waals surface area contributed by atoms with Crippen molar-refractivity contribution in [3.05, 3.63) is 30.5 Å². The summed E-state index contributed by atoms with van der Waals surface area (Å²) in [6.45, 7) is 10.8. The summed E-state index contributed by atoms with van der Waals surface area (Å²) in [4.78, 5) is 55.9. The monoisotopic (exact) mass is 634 g/mol. The molecule has 1 aromatic heterocycles. The molecule has 14 heteroatoms. The van der Waals surface area contributed by atoms with Crippen LogP contribution in [0.25, 0.3) is 0 Å². The Bertz CT molecular complexity index is 1290. The molecule has 13 nitrogen and oxygen atoms in total. The van der Waals surface area contributed by atoms with Gasteiger partial charge in [0.05, 0.1) is 14.2 Å². The van der Waals surface area contributed by atoms with E-state index in [0.717, 1.165) is 25.7 Å². The van der Waals surface area contributed by atoms with Crippen LogP contribution < -0.4 is 0 Å². The quantitative estimate of drug-likeness (QED) is 0.270. The van der Waals surface area contributed by atoms with Gasteiger partial charge in [-0.2, -0.15) is 0 Å². The first kappa shape index (κ1) is 33.2. The number of carbonyl (C=O) groups is 4. The van der Waals surface area contributed by atoms with E-state index in [2.05, 4.69) is 4.98 Å². The highest BCUT2D eigenvalue weighted by Gasteiger charge is 2.58. The van der Waals surface area contributed by atoms with Gasteiger partial charge in [0.1, 0.15) is 29.3 Å². The summed E-state index contributed by atoms with van der Waals surface area (Å²) < 4.78 is 28.0. The Morgan fingerprint density at radius 2 is 1.50 bits per heavy atom. The Morgan fingerprint density at radius 3 is 2.02 bits per heavy atom. The number of esters is 2. The number of hydrogen-bond acceptors (Lipinski definition) is 11. The number of allylic oxidation sites excluding steroid dienone is 1. The lowest BCUT2D eigenvalue weighted by molar-refractivity contribution is -0.169. The fourth-order valence-corrected chi connectivity index (χ4v) is 5.94. The van der Waals surface area contributed by atoms with Gasteiger partial charge in [0, 0.05) is 30.4 Å². The highest BCUT2D eigenvalue weighted by Crippen LogP contribution is 2.45. The number of nitrogens with zero attached hydrogens (tertiary/aromatic N) is 4. The van der Waals surface area contributed by atoms with E-state index < -0.39 is 47.5 Å². The van der Waals surface area contributed by atoms with Crippen molar-refractivity contribution in [1.82, 2.24) is 19.4 Å². The molecule has 1 aromatic rings. The number of rotatable bonds is 3. The summed E-state index contributed by atoms with van der Waals surface area (Å²) >= 11 is 5.31. The lowest BCUT2D eigenvalue weighted by atomic mass is 9.68. The zero-order valence-corrected chi connectivity index (χ0v) is 27.3. The van der Waals surface area contributed by atoms with E-state index in [9.17, 15) is 19.2 Å². The average Bonchev–Trinajstić information content (AvgIpc) is 3.44. The maximum absolute atomic E-state index is 12.7. The van der Waals surface area contributed by atoms with E-state index in [1.54, 1.807) is 58.5 Å². The van der Waals surface area contributed by atoms with Gasteiger partial charge in [0.25, 0.3) is 5.17 Å². The molecule has 5 heterocycles. The van der Waals surface area contributed by atoms with Crippen molar-refractivity contribution in [1.29, 1.82) is 0 Å². The average molecular weight is 635 g/mol. The second kappa shape index (κ2) is 12.7. The first-order valence-electron chi connectivity index (χ1n) is 14.6. The molecule has 2 atom stereocenters. The molecular formula is C30H42N4O9S. The van der Waals surface area contributed by atoms with Crippen LogP contribution in [0.15, 0.2) is 30.5 Å². The second-order valence-corrected chi connectivity index (χ2v) is 13.7. The second-order valence-electron chi connectivity index (χ2n) is 13.3. The smallest absolute Gasteiger partial charge is 0.415 e. The number of hydrogen-bond donors (Lipinski definition) is 0. The predicted octanol–water partition coefficient (Wildman–Crippen LogP) is 4.04. The highest BCUT2D eigenvalue weighted by molar-refractivity contribution is 7.80. The Balaban J connectivity index is 0.000000215. The molecule has 2 saturated carbocycles. The van der Waals surface area contributed by atoms with Crippen LogP contribution in [0.2, 0.25) is 0 Å². The summed E-state index contributed by atoms with van der Waals surface area (Å²) in [6, 6.07) is -0.876. The highest BCUT2D eigenvalue weighted by atomic mass is 32.1. The third-order valence-corrected chi connectivity index (χ3v) is 8.08. The SMILES string of the molecule is COC(=O)C1=CC2CC(C2)N1C(=O)OC(C)(C)C.COC(=O)C1C(OC(=S)n2ccnc2)C2CC(C2)N1C(=O)OC(C)(C)C. The summed E-state index contributed by atoms with van der Waals surface area (Å²) in [5, 5.41) is 0.177. The van der Waals surface area contributed by atoms with E-state index in [4.69, 9.17) is 35.9 Å². The molecule has 44 heavy (non-hydrogen) atoms. The van der Waals surface area contributed by atoms with Crippen molar-refractivity contribution < 1.29 is 42.9 Å². The van der Waals surface area contributed by atoms with Gasteiger partial charge in [-0.1, -0.05) is 0 Å². The van der Waals surface area contributed by atoms with Gasteiger partial charge in [-0.15, -0.1) is 0 Å². The maximum atomic E-state index is 12.7. The Hall–Kier alpha value is -3.68. The molecule has 6 aliphatic rings. The summed E-state index contributed by atoms with van der Waals surface area (Å²) in [7, 11) is 2.61. The van der Waals surface area contributed by atoms with Crippen molar-refractivity contribution in [2.75, 3.05) is 14.2 Å². The lowest BCUT2D eigenvalue weighted by Crippen LogP contribution is -2.69. The van der Waals surface area contributed by atoms with Crippen LogP contribution in [-0.4, -0.2) is 98.3 Å². The third-order valence-electron chi connectivity index (χ3n) is 7.77. The largest absolute Gasteiger partial charge is 0.467 e. The van der Waals surface area contributed by atoms with Crippen LogP contribution in [-0.2, 0) is 33.3 Å². The van der Waals surface area contributed by atoms with Crippen LogP contribution in [0.4, 0.5) is 9.59 Å². The number of ether oxygens (including phenoxy) is 5. The van der Waals surface area contributed by atoms with E-state index in [1.165, 1.54) is 30.3 Å². The van der Waals surface area contributed by atoms with E-state index >= 15 is 0 Å². The minimum atomic E-state index is -0.895. The van der Waals surface area contributed by atoms with Crippen LogP contribution >= 0.6 is 12.2 Å². The zero-order chi connectivity index (χ0) is 32.6. The van der Waals surface area contributed by atoms with E-state index in [1.807, 2.05) is 6.08 Å². The number of imidazole rings is 1. The van der Waals surface area contributed by atoms with E-state index in [0.29, 0.717) is 11.6 Å². The molecule has 4 aliphatic heterocycles. The van der Waals surface area contributed by atoms with Crippen molar-refractivity contribution in [3.63, 3.8) is 0 Å². The van der Waals surface area contributed by atoms with Crippen molar-refractivity contribution in [3.8, 4) is 0 Å². The van der Waals surface area contributed by atoms with Gasteiger partial charge < -0.3 is 23.7 Å². The number of carbonyl (C=O) groups excluding carboxylic acids is 4. The first-order valence-corrected chi connectivity index (χ1v) is 15.0. The van der Waals surface area contributed by atoms with Crippen LogP contribution in [0.3, 0.4) is 0 Å². The molecule has 242 valence electrons. The first-order chi connectivity index (χ1) is 20.5. The molecule has 0 radical (unpaired) electrons. The van der Waals surface area contributed by atoms with Gasteiger partial charge in [-0.05, 0) is 91.4 Å². The molecule has 2 aliphatic carbocycles. The molecular weight excluding hydrogens is 592 g/mol. The summed E-state index contributed by atoms with van der Waals surface area (Å²) in [6.07, 6.45) is 8.26. The molecule has 0 aromatic carbocycles. The van der Waals surface area contributed by atoms with Gasteiger partial charge >= 0.3 is 24.1 Å². The molecule has 2 unspecified atom stereocenters. The van der Waals surface area contributed by atoms with Crippen LogP contribution in [0.1, 0.15) is 67.2 Å². The minimum Gasteiger partial charge on any atom is -0.467 e. The standard InChI is InChI=1S/C17H23N3O5S.C13H19NO4/c1-17(2,3)25-15(22)20-11-7-10(8-11)13(12(20)14(21)23-4)24-16(26)19-6-5-18-9-19;1-13(2,3)18-12(16)14-9-5-8(6-9)7-10(14)11(15)17-4/h5-6,9-13H,7-8H2,1-4H3;7-9H,5-6H2,1-4H3. The molecule has 7 rings (SSSR count). The maximum Gasteiger partial charge on any atom is 0.415 e. The molecule has 0 N–H and O–H groups in total. The van der Waals surface area contributed by atoms with Gasteiger partial charge in [0.2, 0.25) is 0 Å². The summed E-state index contributed by atoms with van der Waals surface area (Å²) in [5.41, 5.74) is -0.918. The lowest BCUT2D eigenvalue weighted by Gasteiger charge is -2.55. The third kappa shape index (κ3) is 7.33. The Morgan fingerprint density at radius 1 is 0.886 bits per heavy atom. The van der Waals surface area contributed by atoms with Crippen molar-refractivity contribution in [2.45, 2.75) is 103 Å². The number of methoxy groups -OCH3 is 2. The number of fused-ring (bicyclic) bond motifs is 3. The normalized spacial score (nSPS) is 26.8. The Kier molecular flexibility index (Phi) is 9.62. The van der Waals surface area contributed by atoms with Crippen molar-refractivity contribution >= 4 is 41.5 Å². The minimum absolute atomic E-state index is 0.0550. The number of thiocarbonyl (C=S) groups is 1. The topological polar surface area (TPSA) is 139 Å². The van der Waals surface area contributed by atoms with Gasteiger partial charge in [-0.3, -0.25) is 14.4 Å². The molecule has 2 saturated heterocycles. The zero-order valence-electron chi connectivity index (χ0n) is 26.5. The molecule has 4 fully saturated rings. The van der Waals surface area contributed by atoms with Gasteiger partial charge in [-0.25, -0.2) is 24.2 Å². The predicted molar refractivity (Wildman–Crippen MR) is 160 cm³/mol. The van der Waals surface area contributed by atoms with Crippen molar-refractivity contribution in [2.24, 2.45) is 11.8 Å². The van der Waals surface area contributed by atoms with Gasteiger partial charge in [0.15, 0.2) is 6.04 Å². The molecule has 4 bridgehead atoms. The summed E-state index contributed by atoms with van der Waals surface area (Å²) in [5.74, 6) is -0.494. The molecule has 2 amide bonds. The Labute approximate surface area is 262 Å². The fourth-order valence-electron chi connectivity index (χ4n) is 5.73.